The molecule has 0 aliphatic heterocycles. The van der Waals surface area contributed by atoms with Crippen LogP contribution < -0.4 is 0 Å². The minimum Gasteiger partial charge on any atom is -0.459 e. The Morgan fingerprint density at radius 1 is 1.05 bits per heavy atom. The highest BCUT2D eigenvalue weighted by Crippen LogP contribution is 2.24. The molecular formula is C17H26O3S. The molecule has 0 heterocycles. The Labute approximate surface area is 130 Å². The van der Waals surface area contributed by atoms with Crippen molar-refractivity contribution in [2.24, 2.45) is 0 Å². The van der Waals surface area contributed by atoms with E-state index < -0.39 is 27.6 Å². The molecule has 0 N–H and O–H groups in total. The third kappa shape index (κ3) is 5.27. The maximum Gasteiger partial charge on any atom is 0.322 e. The van der Waals surface area contributed by atoms with Crippen molar-refractivity contribution in [3.05, 3.63) is 29.8 Å². The lowest BCUT2D eigenvalue weighted by molar-refractivity contribution is -0.153. The second-order valence-electron chi connectivity index (χ2n) is 7.25. The smallest absolute Gasteiger partial charge is 0.322 e. The van der Waals surface area contributed by atoms with Crippen LogP contribution >= 0.6 is 0 Å². The minimum atomic E-state index is -1.40. The first kappa shape index (κ1) is 17.9. The first-order valence-corrected chi connectivity index (χ1v) is 8.37. The van der Waals surface area contributed by atoms with E-state index in [1.165, 1.54) is 5.56 Å². The predicted molar refractivity (Wildman–Crippen MR) is 86.9 cm³/mol. The molecule has 2 unspecified atom stereocenters. The van der Waals surface area contributed by atoms with Crippen LogP contribution in [0.15, 0.2) is 29.2 Å². The Hall–Kier alpha value is -1.16. The van der Waals surface area contributed by atoms with E-state index in [0.29, 0.717) is 4.90 Å². The molecule has 1 aromatic carbocycles. The van der Waals surface area contributed by atoms with Gasteiger partial charge in [0, 0.05) is 4.90 Å². The molecule has 4 heteroatoms. The third-order valence-electron chi connectivity index (χ3n) is 3.01. The molecule has 0 saturated heterocycles. The number of hydrogen-bond donors (Lipinski definition) is 0. The van der Waals surface area contributed by atoms with Crippen LogP contribution in [0.2, 0.25) is 0 Å². The Bertz CT molecular complexity index is 518. The summed E-state index contributed by atoms with van der Waals surface area (Å²) < 4.78 is 17.7. The second-order valence-corrected chi connectivity index (χ2v) is 9.02. The number of ether oxygens (including phenoxy) is 1. The number of benzene rings is 1. The van der Waals surface area contributed by atoms with Crippen LogP contribution in [0.3, 0.4) is 0 Å². The van der Waals surface area contributed by atoms with Gasteiger partial charge in [-0.25, -0.2) is 0 Å². The molecule has 2 atom stereocenters. The van der Waals surface area contributed by atoms with Gasteiger partial charge >= 0.3 is 5.97 Å². The van der Waals surface area contributed by atoms with Crippen molar-refractivity contribution in [1.82, 2.24) is 0 Å². The van der Waals surface area contributed by atoms with E-state index in [9.17, 15) is 9.00 Å². The largest absolute Gasteiger partial charge is 0.459 e. The van der Waals surface area contributed by atoms with Crippen molar-refractivity contribution < 1.29 is 13.7 Å². The molecule has 0 fully saturated rings. The lowest BCUT2D eigenvalue weighted by atomic mass is 9.87. The van der Waals surface area contributed by atoms with Crippen LogP contribution in [0.25, 0.3) is 0 Å². The molecule has 0 bridgehead atoms. The number of rotatable bonds is 3. The summed E-state index contributed by atoms with van der Waals surface area (Å²) in [7, 11) is -1.40. The topological polar surface area (TPSA) is 43.4 Å². The fraction of sp³-hybridized carbons (Fsp3) is 0.588. The van der Waals surface area contributed by atoms with Gasteiger partial charge in [-0.1, -0.05) is 32.9 Å². The van der Waals surface area contributed by atoms with Gasteiger partial charge in [-0.2, -0.15) is 0 Å². The molecule has 0 amide bonds. The third-order valence-corrected chi connectivity index (χ3v) is 4.58. The van der Waals surface area contributed by atoms with E-state index in [4.69, 9.17) is 4.74 Å². The van der Waals surface area contributed by atoms with Gasteiger partial charge in [0.15, 0.2) is 0 Å². The second kappa shape index (κ2) is 6.30. The maximum atomic E-state index is 12.4. The predicted octanol–water partition coefficient (Wildman–Crippen LogP) is 3.82. The average molecular weight is 310 g/mol. The standard InChI is InChI=1S/C17H26O3S/c1-12(15(18)20-17(5,6)7)21(19)14-10-8-13(9-11-14)16(2,3)4/h8-12H,1-7H3. The van der Waals surface area contributed by atoms with Crippen molar-refractivity contribution >= 4 is 16.8 Å². The van der Waals surface area contributed by atoms with Gasteiger partial charge in [-0.15, -0.1) is 0 Å². The van der Waals surface area contributed by atoms with Gasteiger partial charge in [-0.05, 0) is 50.8 Å². The van der Waals surface area contributed by atoms with Crippen molar-refractivity contribution in [2.75, 3.05) is 0 Å². The summed E-state index contributed by atoms with van der Waals surface area (Å²) in [6, 6.07) is 7.60. The summed E-state index contributed by atoms with van der Waals surface area (Å²) in [5, 5.41) is -0.676. The average Bonchev–Trinajstić information content (AvgIpc) is 2.34. The van der Waals surface area contributed by atoms with E-state index in [-0.39, 0.29) is 5.41 Å². The van der Waals surface area contributed by atoms with Crippen LogP contribution in [0, 0.1) is 0 Å². The van der Waals surface area contributed by atoms with Gasteiger partial charge < -0.3 is 4.74 Å². The van der Waals surface area contributed by atoms with Crippen LogP contribution in [-0.2, 0) is 25.7 Å². The monoisotopic (exact) mass is 310 g/mol. The zero-order valence-electron chi connectivity index (χ0n) is 14.0. The molecular weight excluding hydrogens is 284 g/mol. The molecule has 0 aliphatic carbocycles. The fourth-order valence-electron chi connectivity index (χ4n) is 1.77. The zero-order chi connectivity index (χ0) is 16.4. The molecule has 0 radical (unpaired) electrons. The summed E-state index contributed by atoms with van der Waals surface area (Å²) >= 11 is 0. The Morgan fingerprint density at radius 2 is 1.52 bits per heavy atom. The number of carbonyl (C=O) groups excluding carboxylic acids is 1. The first-order chi connectivity index (χ1) is 9.42. The molecule has 3 nitrogen and oxygen atoms in total. The summed E-state index contributed by atoms with van der Waals surface area (Å²) in [4.78, 5) is 12.6. The van der Waals surface area contributed by atoms with Crippen molar-refractivity contribution in [3.8, 4) is 0 Å². The normalized spacial score (nSPS) is 15.4. The number of hydrogen-bond acceptors (Lipinski definition) is 3. The Kier molecular flexibility index (Phi) is 5.37. The molecule has 0 aromatic heterocycles. The van der Waals surface area contributed by atoms with E-state index in [2.05, 4.69) is 20.8 Å². The van der Waals surface area contributed by atoms with Crippen molar-refractivity contribution in [1.29, 1.82) is 0 Å². The highest BCUT2D eigenvalue weighted by Gasteiger charge is 2.27. The first-order valence-electron chi connectivity index (χ1n) is 7.16. The van der Waals surface area contributed by atoms with Crippen molar-refractivity contribution in [2.45, 2.75) is 69.6 Å². The molecule has 0 saturated carbocycles. The molecule has 1 rings (SSSR count). The molecule has 0 aliphatic rings. The molecule has 118 valence electrons. The highest BCUT2D eigenvalue weighted by molar-refractivity contribution is 7.86. The summed E-state index contributed by atoms with van der Waals surface area (Å²) in [5.74, 6) is -0.430. The lowest BCUT2D eigenvalue weighted by Gasteiger charge is -2.22. The van der Waals surface area contributed by atoms with Gasteiger partial charge in [0.05, 0.1) is 10.8 Å². The summed E-state index contributed by atoms with van der Waals surface area (Å²) in [6.45, 7) is 13.4. The van der Waals surface area contributed by atoms with E-state index >= 15 is 0 Å². The Balaban J connectivity index is 2.86. The van der Waals surface area contributed by atoms with Gasteiger partial charge in [-0.3, -0.25) is 9.00 Å². The maximum absolute atomic E-state index is 12.4. The van der Waals surface area contributed by atoms with Crippen LogP contribution in [-0.4, -0.2) is 21.0 Å². The SMILES string of the molecule is CC(C(=O)OC(C)(C)C)S(=O)c1ccc(C(C)(C)C)cc1. The summed E-state index contributed by atoms with van der Waals surface area (Å²) in [5.41, 5.74) is 0.663. The lowest BCUT2D eigenvalue weighted by Crippen LogP contribution is -2.32. The summed E-state index contributed by atoms with van der Waals surface area (Å²) in [6.07, 6.45) is 0. The molecule has 0 spiro atoms. The Morgan fingerprint density at radius 3 is 1.90 bits per heavy atom. The zero-order valence-corrected chi connectivity index (χ0v) is 14.8. The van der Waals surface area contributed by atoms with Crippen molar-refractivity contribution in [3.63, 3.8) is 0 Å². The number of esters is 1. The number of carbonyl (C=O) groups is 1. The van der Waals surface area contributed by atoms with E-state index in [0.717, 1.165) is 0 Å². The van der Waals surface area contributed by atoms with Crippen LogP contribution in [0.5, 0.6) is 0 Å². The van der Waals surface area contributed by atoms with Gasteiger partial charge in [0.25, 0.3) is 0 Å². The van der Waals surface area contributed by atoms with Gasteiger partial charge in [0.1, 0.15) is 10.9 Å². The minimum absolute atomic E-state index is 0.0524. The quantitative estimate of drug-likeness (QED) is 0.797. The molecule has 21 heavy (non-hydrogen) atoms. The van der Waals surface area contributed by atoms with Gasteiger partial charge in [0.2, 0.25) is 0 Å². The van der Waals surface area contributed by atoms with E-state index in [1.54, 1.807) is 27.7 Å². The highest BCUT2D eigenvalue weighted by atomic mass is 32.2. The van der Waals surface area contributed by atoms with E-state index in [1.807, 2.05) is 24.3 Å². The fourth-order valence-corrected chi connectivity index (χ4v) is 2.80. The molecule has 1 aromatic rings. The van der Waals surface area contributed by atoms with Crippen LogP contribution in [0.4, 0.5) is 0 Å². The van der Waals surface area contributed by atoms with Crippen LogP contribution in [0.1, 0.15) is 54.0 Å².